The molecule has 0 unspecified atom stereocenters. The van der Waals surface area contributed by atoms with Crippen LogP contribution in [0, 0.1) is 12.8 Å². The summed E-state index contributed by atoms with van der Waals surface area (Å²) < 4.78 is 0. The van der Waals surface area contributed by atoms with Crippen molar-refractivity contribution in [3.8, 4) is 0 Å². The number of aliphatic imine (C=N–C) groups is 1. The van der Waals surface area contributed by atoms with Crippen LogP contribution in [-0.2, 0) is 6.42 Å². The van der Waals surface area contributed by atoms with E-state index >= 15 is 0 Å². The summed E-state index contributed by atoms with van der Waals surface area (Å²) in [5.41, 5.74) is 2.32. The molecule has 0 saturated carbocycles. The van der Waals surface area contributed by atoms with Crippen molar-refractivity contribution >= 4 is 5.96 Å². The molecular weight excluding hydrogens is 272 g/mol. The Morgan fingerprint density at radius 1 is 1.23 bits per heavy atom. The molecule has 1 aromatic heterocycles. The van der Waals surface area contributed by atoms with Crippen molar-refractivity contribution in [2.45, 2.75) is 53.4 Å². The topological polar surface area (TPSA) is 49.3 Å². The minimum Gasteiger partial charge on any atom is -0.357 e. The standard InChI is InChI=1S/C18H32N4/c1-5-19-18(20-12-7-6-8-15(2)3)21-13-11-17-10-9-16(4)22-14-17/h9-10,14-15H,5-8,11-13H2,1-4H3,(H2,19,20,21). The molecule has 0 radical (unpaired) electrons. The molecule has 0 saturated heterocycles. The number of aryl methyl sites for hydroxylation is 1. The van der Waals surface area contributed by atoms with Crippen LogP contribution in [0.25, 0.3) is 0 Å². The summed E-state index contributed by atoms with van der Waals surface area (Å²) in [7, 11) is 0. The second-order valence-electron chi connectivity index (χ2n) is 6.13. The quantitative estimate of drug-likeness (QED) is 0.418. The van der Waals surface area contributed by atoms with Crippen molar-refractivity contribution in [3.05, 3.63) is 29.6 Å². The third-order valence-corrected chi connectivity index (χ3v) is 3.48. The molecule has 0 bridgehead atoms. The van der Waals surface area contributed by atoms with E-state index in [1.54, 1.807) is 0 Å². The fourth-order valence-corrected chi connectivity index (χ4v) is 2.17. The SMILES string of the molecule is CCNC(=NCCCCC(C)C)NCCc1ccc(C)nc1. The molecular formula is C18H32N4. The first-order valence-corrected chi connectivity index (χ1v) is 8.55. The number of nitrogens with zero attached hydrogens (tertiary/aromatic N) is 2. The zero-order valence-corrected chi connectivity index (χ0v) is 14.7. The van der Waals surface area contributed by atoms with E-state index in [0.29, 0.717) is 0 Å². The second kappa shape index (κ2) is 11.0. The highest BCUT2D eigenvalue weighted by atomic mass is 15.2. The zero-order chi connectivity index (χ0) is 16.2. The molecule has 0 aliphatic heterocycles. The van der Waals surface area contributed by atoms with Crippen molar-refractivity contribution in [3.63, 3.8) is 0 Å². The van der Waals surface area contributed by atoms with Crippen LogP contribution in [0.2, 0.25) is 0 Å². The highest BCUT2D eigenvalue weighted by Gasteiger charge is 1.99. The lowest BCUT2D eigenvalue weighted by Gasteiger charge is -2.11. The van der Waals surface area contributed by atoms with Crippen LogP contribution in [0.3, 0.4) is 0 Å². The number of unbranched alkanes of at least 4 members (excludes halogenated alkanes) is 1. The van der Waals surface area contributed by atoms with Crippen molar-refractivity contribution in [1.82, 2.24) is 15.6 Å². The maximum absolute atomic E-state index is 4.63. The largest absolute Gasteiger partial charge is 0.357 e. The lowest BCUT2D eigenvalue weighted by atomic mass is 10.1. The van der Waals surface area contributed by atoms with Crippen LogP contribution >= 0.6 is 0 Å². The summed E-state index contributed by atoms with van der Waals surface area (Å²) in [4.78, 5) is 8.96. The number of hydrogen-bond acceptors (Lipinski definition) is 2. The summed E-state index contributed by atoms with van der Waals surface area (Å²) in [6.07, 6.45) is 6.63. The fraction of sp³-hybridized carbons (Fsp3) is 0.667. The number of guanidine groups is 1. The average Bonchev–Trinajstić information content (AvgIpc) is 2.48. The van der Waals surface area contributed by atoms with E-state index in [1.807, 2.05) is 13.1 Å². The van der Waals surface area contributed by atoms with Crippen LogP contribution in [0.1, 0.15) is 51.3 Å². The van der Waals surface area contributed by atoms with Crippen molar-refractivity contribution in [2.75, 3.05) is 19.6 Å². The molecule has 0 amide bonds. The van der Waals surface area contributed by atoms with Crippen molar-refractivity contribution in [1.29, 1.82) is 0 Å². The van der Waals surface area contributed by atoms with E-state index < -0.39 is 0 Å². The monoisotopic (exact) mass is 304 g/mol. The third kappa shape index (κ3) is 8.65. The van der Waals surface area contributed by atoms with E-state index in [0.717, 1.165) is 50.0 Å². The molecule has 0 fully saturated rings. The summed E-state index contributed by atoms with van der Waals surface area (Å²) in [6.45, 7) is 11.3. The smallest absolute Gasteiger partial charge is 0.191 e. The first-order chi connectivity index (χ1) is 10.6. The Bertz CT molecular complexity index is 423. The van der Waals surface area contributed by atoms with Crippen LogP contribution < -0.4 is 10.6 Å². The maximum Gasteiger partial charge on any atom is 0.191 e. The van der Waals surface area contributed by atoms with E-state index in [2.05, 4.69) is 53.5 Å². The number of pyridine rings is 1. The molecule has 0 spiro atoms. The second-order valence-corrected chi connectivity index (χ2v) is 6.13. The Morgan fingerprint density at radius 3 is 2.68 bits per heavy atom. The number of hydrogen-bond donors (Lipinski definition) is 2. The van der Waals surface area contributed by atoms with Crippen molar-refractivity contribution in [2.24, 2.45) is 10.9 Å². The number of aromatic nitrogens is 1. The lowest BCUT2D eigenvalue weighted by molar-refractivity contribution is 0.541. The predicted octanol–water partition coefficient (Wildman–Crippen LogP) is 3.31. The molecule has 22 heavy (non-hydrogen) atoms. The van der Waals surface area contributed by atoms with E-state index in [9.17, 15) is 0 Å². The first kappa shape index (κ1) is 18.5. The summed E-state index contributed by atoms with van der Waals surface area (Å²) in [5, 5.41) is 6.70. The van der Waals surface area contributed by atoms with Crippen LogP contribution in [0.5, 0.6) is 0 Å². The van der Waals surface area contributed by atoms with Gasteiger partial charge in [-0.15, -0.1) is 0 Å². The van der Waals surface area contributed by atoms with Gasteiger partial charge in [0.1, 0.15) is 0 Å². The van der Waals surface area contributed by atoms with E-state index in [4.69, 9.17) is 0 Å². The minimum absolute atomic E-state index is 0.790. The minimum atomic E-state index is 0.790. The summed E-state index contributed by atoms with van der Waals surface area (Å²) in [6, 6.07) is 4.20. The molecule has 4 nitrogen and oxygen atoms in total. The molecule has 1 aromatic rings. The molecule has 1 rings (SSSR count). The number of nitrogens with one attached hydrogen (secondary N) is 2. The van der Waals surface area contributed by atoms with Gasteiger partial charge in [0.2, 0.25) is 0 Å². The Morgan fingerprint density at radius 2 is 2.05 bits per heavy atom. The van der Waals surface area contributed by atoms with Gasteiger partial charge in [-0.25, -0.2) is 0 Å². The van der Waals surface area contributed by atoms with Crippen LogP contribution in [0.15, 0.2) is 23.3 Å². The number of rotatable bonds is 9. The van der Waals surface area contributed by atoms with Gasteiger partial charge in [0.25, 0.3) is 0 Å². The van der Waals surface area contributed by atoms with E-state index in [-0.39, 0.29) is 0 Å². The van der Waals surface area contributed by atoms with Gasteiger partial charge < -0.3 is 10.6 Å². The van der Waals surface area contributed by atoms with Gasteiger partial charge in [0, 0.05) is 31.5 Å². The molecule has 0 aliphatic rings. The molecule has 0 atom stereocenters. The van der Waals surface area contributed by atoms with Gasteiger partial charge in [0.05, 0.1) is 0 Å². The Labute approximate surface area is 135 Å². The summed E-state index contributed by atoms with van der Waals surface area (Å²) >= 11 is 0. The predicted molar refractivity (Wildman–Crippen MR) is 95.3 cm³/mol. The maximum atomic E-state index is 4.63. The normalized spacial score (nSPS) is 11.8. The van der Waals surface area contributed by atoms with Gasteiger partial charge >= 0.3 is 0 Å². The molecule has 0 aromatic carbocycles. The highest BCUT2D eigenvalue weighted by Crippen LogP contribution is 2.05. The fourth-order valence-electron chi connectivity index (χ4n) is 2.17. The highest BCUT2D eigenvalue weighted by molar-refractivity contribution is 5.79. The van der Waals surface area contributed by atoms with Crippen LogP contribution in [-0.4, -0.2) is 30.6 Å². The molecule has 1 heterocycles. The van der Waals surface area contributed by atoms with Gasteiger partial charge in [-0.1, -0.05) is 32.8 Å². The van der Waals surface area contributed by atoms with Gasteiger partial charge in [-0.05, 0) is 44.2 Å². The van der Waals surface area contributed by atoms with E-state index in [1.165, 1.54) is 18.4 Å². The van der Waals surface area contributed by atoms with Gasteiger partial charge in [0.15, 0.2) is 5.96 Å². The average molecular weight is 304 g/mol. The molecule has 4 heteroatoms. The third-order valence-electron chi connectivity index (χ3n) is 3.48. The van der Waals surface area contributed by atoms with Gasteiger partial charge in [-0.3, -0.25) is 9.98 Å². The lowest BCUT2D eigenvalue weighted by Crippen LogP contribution is -2.38. The van der Waals surface area contributed by atoms with Crippen molar-refractivity contribution < 1.29 is 0 Å². The Hall–Kier alpha value is -1.58. The first-order valence-electron chi connectivity index (χ1n) is 8.55. The Kier molecular flexibility index (Phi) is 9.28. The summed E-state index contributed by atoms with van der Waals surface area (Å²) in [5.74, 6) is 1.71. The van der Waals surface area contributed by atoms with Gasteiger partial charge in [-0.2, -0.15) is 0 Å². The Balaban J connectivity index is 2.28. The molecule has 2 N–H and O–H groups in total. The molecule has 124 valence electrons. The zero-order valence-electron chi connectivity index (χ0n) is 14.7. The van der Waals surface area contributed by atoms with Crippen LogP contribution in [0.4, 0.5) is 0 Å². The molecule has 0 aliphatic carbocycles.